The standard InChI is InChI=1S/C6H12NO4S/c1-4-5(2)11-6(8)7-12(3,9)10/h5H,4H2,1-3H3. The van der Waals surface area contributed by atoms with Gasteiger partial charge in [-0.05, 0) is 13.3 Å². The first kappa shape index (κ1) is 11.2. The van der Waals surface area contributed by atoms with Gasteiger partial charge in [0.05, 0.1) is 6.26 Å². The van der Waals surface area contributed by atoms with Crippen LogP contribution >= 0.6 is 0 Å². The molecule has 1 atom stereocenters. The third kappa shape index (κ3) is 5.96. The normalized spacial score (nSPS) is 13.6. The van der Waals surface area contributed by atoms with Gasteiger partial charge in [0.2, 0.25) is 0 Å². The Bertz CT molecular complexity index is 246. The fraction of sp³-hybridized carbons (Fsp3) is 0.833. The van der Waals surface area contributed by atoms with Crippen molar-refractivity contribution in [2.24, 2.45) is 0 Å². The van der Waals surface area contributed by atoms with Crippen molar-refractivity contribution in [3.05, 3.63) is 0 Å². The molecule has 0 aliphatic carbocycles. The van der Waals surface area contributed by atoms with E-state index in [1.165, 1.54) is 0 Å². The average Bonchev–Trinajstić information content (AvgIpc) is 1.82. The molecule has 1 unspecified atom stereocenters. The van der Waals surface area contributed by atoms with Crippen LogP contribution in [-0.4, -0.2) is 26.9 Å². The minimum absolute atomic E-state index is 0.303. The van der Waals surface area contributed by atoms with E-state index in [4.69, 9.17) is 0 Å². The highest BCUT2D eigenvalue weighted by Gasteiger charge is 2.14. The lowest BCUT2D eigenvalue weighted by Gasteiger charge is -2.08. The van der Waals surface area contributed by atoms with Crippen molar-refractivity contribution in [2.75, 3.05) is 6.26 Å². The summed E-state index contributed by atoms with van der Waals surface area (Å²) in [5, 5.41) is 0. The second-order valence-electron chi connectivity index (χ2n) is 2.43. The van der Waals surface area contributed by atoms with Crippen LogP contribution in [0.2, 0.25) is 0 Å². The van der Waals surface area contributed by atoms with Gasteiger partial charge < -0.3 is 4.74 Å². The molecular formula is C6H12NO4S. The van der Waals surface area contributed by atoms with Gasteiger partial charge in [0.25, 0.3) is 10.0 Å². The van der Waals surface area contributed by atoms with Crippen LogP contribution < -0.4 is 4.72 Å². The first-order valence-corrected chi connectivity index (χ1v) is 5.33. The second kappa shape index (κ2) is 4.30. The molecule has 0 rings (SSSR count). The summed E-state index contributed by atoms with van der Waals surface area (Å²) in [6, 6.07) is 0. The molecule has 5 nitrogen and oxygen atoms in total. The molecule has 0 aromatic heterocycles. The third-order valence-corrected chi connectivity index (χ3v) is 1.60. The molecule has 1 radical (unpaired) electrons. The van der Waals surface area contributed by atoms with Crippen LogP contribution in [0.25, 0.3) is 0 Å². The van der Waals surface area contributed by atoms with E-state index >= 15 is 0 Å². The average molecular weight is 194 g/mol. The van der Waals surface area contributed by atoms with Gasteiger partial charge in [-0.3, -0.25) is 0 Å². The molecule has 0 saturated carbocycles. The lowest BCUT2D eigenvalue weighted by molar-refractivity contribution is 0.110. The Balaban J connectivity index is 3.92. The fourth-order valence-electron chi connectivity index (χ4n) is 0.412. The zero-order chi connectivity index (χ0) is 9.78. The fourth-order valence-corrected chi connectivity index (χ4v) is 0.726. The quantitative estimate of drug-likeness (QED) is 0.655. The molecule has 12 heavy (non-hydrogen) atoms. The molecule has 0 N–H and O–H groups in total. The molecule has 1 amide bonds. The Kier molecular flexibility index (Phi) is 4.02. The lowest BCUT2D eigenvalue weighted by Crippen LogP contribution is -2.25. The maximum atomic E-state index is 10.7. The summed E-state index contributed by atoms with van der Waals surface area (Å²) < 4.78 is 28.3. The van der Waals surface area contributed by atoms with Gasteiger partial charge in [0.15, 0.2) is 0 Å². The molecule has 0 fully saturated rings. The summed E-state index contributed by atoms with van der Waals surface area (Å²) >= 11 is 0. The molecule has 0 spiro atoms. The SMILES string of the molecule is CCC(C)OC(=O)[N]S(C)(=O)=O. The van der Waals surface area contributed by atoms with E-state index in [9.17, 15) is 13.2 Å². The van der Waals surface area contributed by atoms with Crippen LogP contribution in [0.1, 0.15) is 20.3 Å². The van der Waals surface area contributed by atoms with E-state index in [1.54, 1.807) is 6.92 Å². The van der Waals surface area contributed by atoms with Crippen LogP contribution in [-0.2, 0) is 14.8 Å². The Morgan fingerprint density at radius 1 is 1.58 bits per heavy atom. The van der Waals surface area contributed by atoms with Crippen LogP contribution in [0.4, 0.5) is 4.79 Å². The molecule has 0 aliphatic heterocycles. The highest BCUT2D eigenvalue weighted by Crippen LogP contribution is 1.97. The first-order chi connectivity index (χ1) is 5.35. The minimum Gasteiger partial charge on any atom is -0.444 e. The zero-order valence-corrected chi connectivity index (χ0v) is 8.09. The van der Waals surface area contributed by atoms with Crippen LogP contribution in [0, 0.1) is 0 Å². The van der Waals surface area contributed by atoms with Crippen LogP contribution in [0.5, 0.6) is 0 Å². The first-order valence-electron chi connectivity index (χ1n) is 3.48. The number of carbonyl (C=O) groups is 1. The van der Waals surface area contributed by atoms with Crippen molar-refractivity contribution in [3.63, 3.8) is 0 Å². The van der Waals surface area contributed by atoms with E-state index < -0.39 is 16.1 Å². The van der Waals surface area contributed by atoms with Gasteiger partial charge in [0, 0.05) is 0 Å². The van der Waals surface area contributed by atoms with Crippen molar-refractivity contribution in [1.82, 2.24) is 4.72 Å². The second-order valence-corrected chi connectivity index (χ2v) is 4.08. The number of ether oxygens (including phenoxy) is 1. The van der Waals surface area contributed by atoms with E-state index in [-0.39, 0.29) is 6.10 Å². The number of rotatable bonds is 3. The summed E-state index contributed by atoms with van der Waals surface area (Å²) in [5.41, 5.74) is 0. The number of hydrogen-bond acceptors (Lipinski definition) is 4. The van der Waals surface area contributed by atoms with E-state index in [0.717, 1.165) is 6.26 Å². The molecule has 71 valence electrons. The maximum absolute atomic E-state index is 10.7. The van der Waals surface area contributed by atoms with Gasteiger partial charge in [0.1, 0.15) is 6.10 Å². The van der Waals surface area contributed by atoms with Crippen molar-refractivity contribution >= 4 is 16.1 Å². The highest BCUT2D eigenvalue weighted by molar-refractivity contribution is 7.89. The summed E-state index contributed by atoms with van der Waals surface area (Å²) in [4.78, 5) is 10.7. The highest BCUT2D eigenvalue weighted by atomic mass is 32.2. The third-order valence-electron chi connectivity index (χ3n) is 1.12. The van der Waals surface area contributed by atoms with Gasteiger partial charge in [-0.2, -0.15) is 0 Å². The number of carbonyl (C=O) groups excluding carboxylic acids is 1. The molecule has 0 aromatic rings. The molecule has 0 saturated heterocycles. The molecule has 6 heteroatoms. The summed E-state index contributed by atoms with van der Waals surface area (Å²) in [7, 11) is -3.63. The smallest absolute Gasteiger partial charge is 0.444 e. The van der Waals surface area contributed by atoms with Gasteiger partial charge in [-0.1, -0.05) is 11.6 Å². The van der Waals surface area contributed by atoms with Crippen LogP contribution in [0.15, 0.2) is 0 Å². The Hall–Kier alpha value is -0.780. The summed E-state index contributed by atoms with van der Waals surface area (Å²) in [6.07, 6.45) is 0.116. The zero-order valence-electron chi connectivity index (χ0n) is 7.27. The summed E-state index contributed by atoms with van der Waals surface area (Å²) in [6.45, 7) is 3.48. The van der Waals surface area contributed by atoms with Gasteiger partial charge in [-0.25, -0.2) is 13.2 Å². The van der Waals surface area contributed by atoms with Crippen molar-refractivity contribution in [1.29, 1.82) is 0 Å². The molecule has 0 heterocycles. The largest absolute Gasteiger partial charge is 0.444 e. The maximum Gasteiger partial charge on any atom is 0.444 e. The monoisotopic (exact) mass is 194 g/mol. The lowest BCUT2D eigenvalue weighted by atomic mass is 10.3. The number of sulfonamides is 1. The Morgan fingerprint density at radius 3 is 2.42 bits per heavy atom. The molecule has 0 bridgehead atoms. The van der Waals surface area contributed by atoms with Gasteiger partial charge >= 0.3 is 6.09 Å². The molecule has 0 aliphatic rings. The minimum atomic E-state index is -3.63. The van der Waals surface area contributed by atoms with Gasteiger partial charge in [-0.15, -0.1) is 0 Å². The Morgan fingerprint density at radius 2 is 2.08 bits per heavy atom. The van der Waals surface area contributed by atoms with E-state index in [0.29, 0.717) is 6.42 Å². The number of amides is 1. The molecule has 0 aromatic carbocycles. The number of hydrogen-bond donors (Lipinski definition) is 0. The van der Waals surface area contributed by atoms with Crippen molar-refractivity contribution in [2.45, 2.75) is 26.4 Å². The predicted octanol–water partition coefficient (Wildman–Crippen LogP) is 0.486. The number of nitrogens with zero attached hydrogens (tertiary/aromatic N) is 1. The topological polar surface area (TPSA) is 74.5 Å². The van der Waals surface area contributed by atoms with Crippen LogP contribution in [0.3, 0.4) is 0 Å². The van der Waals surface area contributed by atoms with Crippen molar-refractivity contribution in [3.8, 4) is 0 Å². The van der Waals surface area contributed by atoms with Crippen molar-refractivity contribution < 1.29 is 17.9 Å². The van der Waals surface area contributed by atoms with E-state index in [1.807, 2.05) is 6.92 Å². The summed E-state index contributed by atoms with van der Waals surface area (Å²) in [5.74, 6) is 0. The molecular weight excluding hydrogens is 182 g/mol. The Labute approximate surface area is 72.1 Å². The predicted molar refractivity (Wildman–Crippen MR) is 43.2 cm³/mol. The van der Waals surface area contributed by atoms with E-state index in [2.05, 4.69) is 9.46 Å².